The molecule has 2 rings (SSSR count). The molecule has 1 saturated carbocycles. The van der Waals surface area contributed by atoms with Crippen LogP contribution in [-0.2, 0) is 27.4 Å². The van der Waals surface area contributed by atoms with Crippen molar-refractivity contribution < 1.29 is 29.0 Å². The van der Waals surface area contributed by atoms with Gasteiger partial charge in [-0.3, -0.25) is 9.59 Å². The molecule has 1 aliphatic rings. The molecule has 9 nitrogen and oxygen atoms in total. The smallest absolute Gasteiger partial charge is 0.392 e. The van der Waals surface area contributed by atoms with Crippen LogP contribution in [0.4, 0.5) is 9.59 Å². The molecule has 1 unspecified atom stereocenters. The molecule has 0 aliphatic heterocycles. The molecule has 1 fully saturated rings. The molecule has 1 atom stereocenters. The number of carbonyl (C=O) groups is 4. The molecular formula is C20H27N3O6. The average Bonchev–Trinajstić information content (AvgIpc) is 2.63. The standard InChI is InChI=1S/C20H27N3O6/c21-19(27)22-10-2-5-16(23-20(28)29-18(26)15-3-1-4-15)17(25)11-13-6-8-14(12-24)9-7-13/h6-9,15-16,24H,1-5,10-12H2,(H,23,28)(H3,21,22,27). The largest absolute Gasteiger partial charge is 0.415 e. The highest BCUT2D eigenvalue weighted by Crippen LogP contribution is 2.27. The summed E-state index contributed by atoms with van der Waals surface area (Å²) >= 11 is 0. The minimum atomic E-state index is -0.946. The number of amides is 3. The molecular weight excluding hydrogens is 378 g/mol. The molecule has 0 radical (unpaired) electrons. The van der Waals surface area contributed by atoms with Crippen LogP contribution < -0.4 is 16.4 Å². The summed E-state index contributed by atoms with van der Waals surface area (Å²) in [5.41, 5.74) is 6.47. The Morgan fingerprint density at radius 2 is 1.79 bits per heavy atom. The summed E-state index contributed by atoms with van der Waals surface area (Å²) in [5, 5.41) is 14.0. The van der Waals surface area contributed by atoms with Crippen LogP contribution in [0.5, 0.6) is 0 Å². The lowest BCUT2D eigenvalue weighted by Gasteiger charge is -2.23. The van der Waals surface area contributed by atoms with Gasteiger partial charge in [0.15, 0.2) is 5.78 Å². The Labute approximate surface area is 169 Å². The topological polar surface area (TPSA) is 148 Å². The van der Waals surface area contributed by atoms with E-state index in [9.17, 15) is 19.2 Å². The zero-order chi connectivity index (χ0) is 21.2. The Hall–Kier alpha value is -2.94. The van der Waals surface area contributed by atoms with E-state index in [1.165, 1.54) is 0 Å². The van der Waals surface area contributed by atoms with Crippen LogP contribution in [0.15, 0.2) is 24.3 Å². The summed E-state index contributed by atoms with van der Waals surface area (Å²) in [7, 11) is 0. The van der Waals surface area contributed by atoms with Crippen molar-refractivity contribution in [2.75, 3.05) is 6.54 Å². The number of hydrogen-bond donors (Lipinski definition) is 4. The van der Waals surface area contributed by atoms with Gasteiger partial charge in [0, 0.05) is 13.0 Å². The number of benzene rings is 1. The van der Waals surface area contributed by atoms with Crippen LogP contribution in [-0.4, -0.2) is 41.6 Å². The van der Waals surface area contributed by atoms with Gasteiger partial charge < -0.3 is 26.2 Å². The van der Waals surface area contributed by atoms with Gasteiger partial charge in [0.05, 0.1) is 18.6 Å². The third kappa shape index (κ3) is 7.53. The first-order chi connectivity index (χ1) is 13.9. The molecule has 0 heterocycles. The number of alkyl carbamates (subject to hydrolysis) is 1. The summed E-state index contributed by atoms with van der Waals surface area (Å²) < 4.78 is 4.80. The van der Waals surface area contributed by atoms with Gasteiger partial charge in [-0.05, 0) is 36.8 Å². The van der Waals surface area contributed by atoms with Crippen molar-refractivity contribution in [1.82, 2.24) is 10.6 Å². The first-order valence-electron chi connectivity index (χ1n) is 9.66. The van der Waals surface area contributed by atoms with Crippen molar-refractivity contribution in [3.8, 4) is 0 Å². The second kappa shape index (κ2) is 11.2. The highest BCUT2D eigenvalue weighted by Gasteiger charge is 2.30. The Morgan fingerprint density at radius 3 is 2.34 bits per heavy atom. The number of ether oxygens (including phenoxy) is 1. The van der Waals surface area contributed by atoms with Gasteiger partial charge in [0.25, 0.3) is 0 Å². The summed E-state index contributed by atoms with van der Waals surface area (Å²) in [6, 6.07) is 5.35. The monoisotopic (exact) mass is 405 g/mol. The zero-order valence-electron chi connectivity index (χ0n) is 16.2. The molecule has 0 saturated heterocycles. The lowest BCUT2D eigenvalue weighted by Crippen LogP contribution is -2.44. The number of primary amides is 1. The minimum Gasteiger partial charge on any atom is -0.392 e. The van der Waals surface area contributed by atoms with E-state index in [2.05, 4.69) is 10.6 Å². The number of urea groups is 1. The molecule has 3 amide bonds. The minimum absolute atomic E-state index is 0.0659. The molecule has 0 aromatic heterocycles. The lowest BCUT2D eigenvalue weighted by molar-refractivity contribution is -0.145. The summed E-state index contributed by atoms with van der Waals surface area (Å²) in [5.74, 6) is -1.08. The van der Waals surface area contributed by atoms with Gasteiger partial charge in [0.2, 0.25) is 0 Å². The van der Waals surface area contributed by atoms with E-state index in [1.54, 1.807) is 24.3 Å². The number of hydrogen-bond acceptors (Lipinski definition) is 6. The molecule has 158 valence electrons. The van der Waals surface area contributed by atoms with Gasteiger partial charge in [-0.25, -0.2) is 9.59 Å². The van der Waals surface area contributed by atoms with Gasteiger partial charge >= 0.3 is 18.1 Å². The first-order valence-corrected chi connectivity index (χ1v) is 9.66. The SMILES string of the molecule is NC(=O)NCCCC(NC(=O)OC(=O)C1CCC1)C(=O)Cc1ccc(CO)cc1. The van der Waals surface area contributed by atoms with Crippen molar-refractivity contribution in [2.24, 2.45) is 11.7 Å². The fourth-order valence-corrected chi connectivity index (χ4v) is 2.91. The van der Waals surface area contributed by atoms with E-state index in [1.807, 2.05) is 0 Å². The number of Topliss-reactive ketones (excluding diaryl/α,β-unsaturated/α-hetero) is 1. The van der Waals surface area contributed by atoms with Gasteiger partial charge in [-0.1, -0.05) is 30.7 Å². The predicted octanol–water partition coefficient (Wildman–Crippen LogP) is 1.16. The van der Waals surface area contributed by atoms with Crippen LogP contribution in [0.1, 0.15) is 43.2 Å². The summed E-state index contributed by atoms with van der Waals surface area (Å²) in [6.07, 6.45) is 2.12. The molecule has 5 N–H and O–H groups in total. The molecule has 1 aromatic rings. The third-order valence-electron chi connectivity index (χ3n) is 4.87. The van der Waals surface area contributed by atoms with E-state index in [4.69, 9.17) is 15.6 Å². The van der Waals surface area contributed by atoms with Crippen LogP contribution >= 0.6 is 0 Å². The quantitative estimate of drug-likeness (QED) is 0.261. The van der Waals surface area contributed by atoms with Crippen molar-refractivity contribution in [3.05, 3.63) is 35.4 Å². The second-order valence-electron chi connectivity index (χ2n) is 7.08. The van der Waals surface area contributed by atoms with E-state index in [0.29, 0.717) is 19.3 Å². The third-order valence-corrected chi connectivity index (χ3v) is 4.87. The number of aliphatic hydroxyl groups excluding tert-OH is 1. The number of aliphatic hydroxyl groups is 1. The Morgan fingerprint density at radius 1 is 1.14 bits per heavy atom. The predicted molar refractivity (Wildman–Crippen MR) is 104 cm³/mol. The summed E-state index contributed by atoms with van der Waals surface area (Å²) in [6.45, 7) is 0.161. The number of nitrogens with two attached hydrogens (primary N) is 1. The normalized spacial score (nSPS) is 14.4. The number of ketones is 1. The maximum atomic E-state index is 12.7. The Balaban J connectivity index is 1.93. The molecule has 29 heavy (non-hydrogen) atoms. The lowest BCUT2D eigenvalue weighted by atomic mass is 9.86. The van der Waals surface area contributed by atoms with Crippen LogP contribution in [0.2, 0.25) is 0 Å². The fraction of sp³-hybridized carbons (Fsp3) is 0.500. The van der Waals surface area contributed by atoms with Crippen molar-refractivity contribution >= 4 is 23.9 Å². The fourth-order valence-electron chi connectivity index (χ4n) is 2.91. The number of carbonyl (C=O) groups excluding carboxylic acids is 4. The maximum Gasteiger partial charge on any atom is 0.415 e. The number of esters is 1. The highest BCUT2D eigenvalue weighted by atomic mass is 16.6. The molecule has 9 heteroatoms. The van der Waals surface area contributed by atoms with E-state index < -0.39 is 24.1 Å². The van der Waals surface area contributed by atoms with Gasteiger partial charge in [-0.2, -0.15) is 0 Å². The average molecular weight is 405 g/mol. The Kier molecular flexibility index (Phi) is 8.60. The van der Waals surface area contributed by atoms with Crippen LogP contribution in [0.3, 0.4) is 0 Å². The molecule has 1 aliphatic carbocycles. The van der Waals surface area contributed by atoms with Crippen LogP contribution in [0.25, 0.3) is 0 Å². The van der Waals surface area contributed by atoms with E-state index >= 15 is 0 Å². The number of rotatable bonds is 10. The van der Waals surface area contributed by atoms with E-state index in [-0.39, 0.29) is 37.7 Å². The van der Waals surface area contributed by atoms with Crippen molar-refractivity contribution in [1.29, 1.82) is 0 Å². The van der Waals surface area contributed by atoms with E-state index in [0.717, 1.165) is 17.5 Å². The molecule has 0 spiro atoms. The van der Waals surface area contributed by atoms with Crippen LogP contribution in [0, 0.1) is 5.92 Å². The molecule has 1 aromatic carbocycles. The second-order valence-corrected chi connectivity index (χ2v) is 7.08. The number of nitrogens with one attached hydrogen (secondary N) is 2. The van der Waals surface area contributed by atoms with Crippen molar-refractivity contribution in [3.63, 3.8) is 0 Å². The first kappa shape index (κ1) is 22.4. The van der Waals surface area contributed by atoms with Gasteiger partial charge in [0.1, 0.15) is 0 Å². The van der Waals surface area contributed by atoms with Gasteiger partial charge in [-0.15, -0.1) is 0 Å². The maximum absolute atomic E-state index is 12.7. The van der Waals surface area contributed by atoms with Crippen molar-refractivity contribution in [2.45, 2.75) is 51.2 Å². The zero-order valence-corrected chi connectivity index (χ0v) is 16.2. The Bertz CT molecular complexity index is 730. The molecule has 0 bridgehead atoms. The summed E-state index contributed by atoms with van der Waals surface area (Å²) in [4.78, 5) is 47.4. The highest BCUT2D eigenvalue weighted by molar-refractivity contribution is 5.92.